The van der Waals surface area contributed by atoms with Crippen LogP contribution in [0.25, 0.3) is 5.65 Å². The molecule has 0 saturated carbocycles. The van der Waals surface area contributed by atoms with E-state index in [0.29, 0.717) is 37.7 Å². The highest BCUT2D eigenvalue weighted by Gasteiger charge is 2.33. The maximum atomic E-state index is 13.7. The fraction of sp³-hybridized carbons (Fsp3) is 0.556. The Labute approximate surface area is 214 Å². The van der Waals surface area contributed by atoms with Crippen LogP contribution < -0.4 is 4.90 Å². The lowest BCUT2D eigenvalue weighted by atomic mass is 9.96. The van der Waals surface area contributed by atoms with Crippen molar-refractivity contribution in [2.75, 3.05) is 50.9 Å². The van der Waals surface area contributed by atoms with Crippen molar-refractivity contribution < 1.29 is 23.0 Å². The van der Waals surface area contributed by atoms with Gasteiger partial charge in [-0.05, 0) is 74.5 Å². The number of aliphatic hydroxyl groups is 1. The third-order valence-corrected chi connectivity index (χ3v) is 7.71. The van der Waals surface area contributed by atoms with Gasteiger partial charge in [0.05, 0.1) is 30.2 Å². The summed E-state index contributed by atoms with van der Waals surface area (Å²) in [7, 11) is 0. The summed E-state index contributed by atoms with van der Waals surface area (Å²) in [5.74, 6) is 1.15. The van der Waals surface area contributed by atoms with E-state index in [1.165, 1.54) is 6.07 Å². The van der Waals surface area contributed by atoms with Crippen LogP contribution in [0.5, 0.6) is 0 Å². The molecule has 0 unspecified atom stereocenters. The van der Waals surface area contributed by atoms with Crippen molar-refractivity contribution in [2.24, 2.45) is 5.92 Å². The summed E-state index contributed by atoms with van der Waals surface area (Å²) in [6.45, 7) is 8.79. The number of anilines is 1. The number of nitrogens with zero attached hydrogens (tertiary/aromatic N) is 5. The Kier molecular flexibility index (Phi) is 7.42. The molecule has 0 radical (unpaired) electrons. The second kappa shape index (κ2) is 10.6. The molecule has 0 bridgehead atoms. The summed E-state index contributed by atoms with van der Waals surface area (Å²) in [6.07, 6.45) is -2.26. The van der Waals surface area contributed by atoms with Crippen molar-refractivity contribution in [3.8, 4) is 0 Å². The van der Waals surface area contributed by atoms with Crippen LogP contribution in [0.2, 0.25) is 0 Å². The number of alkyl halides is 3. The van der Waals surface area contributed by atoms with Crippen LogP contribution in [0.1, 0.15) is 46.5 Å². The molecular formula is C27H34F3N5O2. The predicted octanol–water partition coefficient (Wildman–Crippen LogP) is 4.00. The van der Waals surface area contributed by atoms with Gasteiger partial charge in [0.15, 0.2) is 5.65 Å². The number of benzene rings is 1. The number of aryl methyl sites for hydroxylation is 1. The molecular weight excluding hydrogens is 483 g/mol. The number of aromatic nitrogens is 3. The summed E-state index contributed by atoms with van der Waals surface area (Å²) in [4.78, 5) is 9.46. The van der Waals surface area contributed by atoms with Crippen LogP contribution in [0.3, 0.4) is 0 Å². The van der Waals surface area contributed by atoms with E-state index in [-0.39, 0.29) is 12.2 Å². The van der Waals surface area contributed by atoms with Gasteiger partial charge in [-0.1, -0.05) is 12.1 Å². The molecule has 3 aromatic rings. The summed E-state index contributed by atoms with van der Waals surface area (Å²) in [6, 6.07) is 6.41. The zero-order chi connectivity index (χ0) is 26.2. The van der Waals surface area contributed by atoms with E-state index in [0.717, 1.165) is 73.5 Å². The molecule has 2 aromatic heterocycles. The van der Waals surface area contributed by atoms with E-state index in [2.05, 4.69) is 9.80 Å². The molecule has 200 valence electrons. The van der Waals surface area contributed by atoms with E-state index in [1.54, 1.807) is 13.0 Å². The van der Waals surface area contributed by atoms with E-state index < -0.39 is 11.7 Å². The summed E-state index contributed by atoms with van der Waals surface area (Å²) in [5.41, 5.74) is 3.62. The largest absolute Gasteiger partial charge is 0.416 e. The lowest BCUT2D eigenvalue weighted by Crippen LogP contribution is -2.37. The average Bonchev–Trinajstić information content (AvgIpc) is 3.23. The Morgan fingerprint density at radius 1 is 1.08 bits per heavy atom. The molecule has 0 spiro atoms. The van der Waals surface area contributed by atoms with Gasteiger partial charge in [-0.25, -0.2) is 9.50 Å². The van der Waals surface area contributed by atoms with Crippen LogP contribution in [0.15, 0.2) is 24.3 Å². The number of fused-ring (bicyclic) bond motifs is 1. The van der Waals surface area contributed by atoms with Crippen molar-refractivity contribution >= 4 is 11.5 Å². The van der Waals surface area contributed by atoms with Gasteiger partial charge in [0.1, 0.15) is 5.82 Å². The van der Waals surface area contributed by atoms with Gasteiger partial charge in [0.2, 0.25) is 0 Å². The fourth-order valence-electron chi connectivity index (χ4n) is 5.39. The molecule has 4 heterocycles. The Hall–Kier alpha value is -2.69. The third-order valence-electron chi connectivity index (χ3n) is 7.71. The highest BCUT2D eigenvalue weighted by atomic mass is 19.4. The Bertz CT molecular complexity index is 1250. The standard InChI is InChI=1S/C27H34F3N5O2/c1-18-14-25(34-10-12-37-13-11-34)32-35-24(15-21-4-3-5-22(19(21)2)27(28,29)30)23(31-26(18)35)16-33-8-6-20(17-36)7-9-33/h3-5,14,20,36H,6-13,15-17H2,1-2H3. The lowest BCUT2D eigenvalue weighted by molar-refractivity contribution is -0.138. The normalized spacial score (nSPS) is 18.2. The van der Waals surface area contributed by atoms with E-state index >= 15 is 0 Å². The first-order valence-electron chi connectivity index (χ1n) is 12.9. The maximum absolute atomic E-state index is 13.7. The summed E-state index contributed by atoms with van der Waals surface area (Å²) >= 11 is 0. The Morgan fingerprint density at radius 3 is 2.49 bits per heavy atom. The van der Waals surface area contributed by atoms with Crippen LogP contribution in [-0.4, -0.2) is 70.6 Å². The molecule has 10 heteroatoms. The molecule has 2 fully saturated rings. The van der Waals surface area contributed by atoms with E-state index in [4.69, 9.17) is 14.8 Å². The quantitative estimate of drug-likeness (QED) is 0.534. The fourth-order valence-corrected chi connectivity index (χ4v) is 5.39. The molecule has 37 heavy (non-hydrogen) atoms. The zero-order valence-corrected chi connectivity index (χ0v) is 21.4. The topological polar surface area (TPSA) is 66.1 Å². The third kappa shape index (κ3) is 5.46. The molecule has 1 N–H and O–H groups in total. The van der Waals surface area contributed by atoms with Gasteiger partial charge >= 0.3 is 6.18 Å². The van der Waals surface area contributed by atoms with Gasteiger partial charge in [-0.15, -0.1) is 5.10 Å². The molecule has 2 aliphatic rings. The number of likely N-dealkylation sites (tertiary alicyclic amines) is 1. The first-order valence-corrected chi connectivity index (χ1v) is 12.9. The van der Waals surface area contributed by atoms with Crippen molar-refractivity contribution in [1.82, 2.24) is 19.5 Å². The minimum absolute atomic E-state index is 0.204. The zero-order valence-electron chi connectivity index (χ0n) is 21.4. The number of hydrogen-bond donors (Lipinski definition) is 1. The lowest BCUT2D eigenvalue weighted by Gasteiger charge is -2.30. The monoisotopic (exact) mass is 517 g/mol. The van der Waals surface area contributed by atoms with Gasteiger partial charge in [-0.3, -0.25) is 4.90 Å². The Morgan fingerprint density at radius 2 is 1.81 bits per heavy atom. The molecule has 2 saturated heterocycles. The smallest absolute Gasteiger partial charge is 0.396 e. The number of rotatable bonds is 6. The van der Waals surface area contributed by atoms with Crippen LogP contribution in [0, 0.1) is 19.8 Å². The first kappa shape index (κ1) is 25.9. The SMILES string of the molecule is Cc1c(Cc2c(CN3CCC(CO)CC3)nc3c(C)cc(N4CCOCC4)nn23)cccc1C(F)(F)F. The Balaban J connectivity index is 1.56. The molecule has 1 aromatic carbocycles. The molecule has 2 aliphatic heterocycles. The average molecular weight is 518 g/mol. The van der Waals surface area contributed by atoms with E-state index in [9.17, 15) is 18.3 Å². The van der Waals surface area contributed by atoms with Gasteiger partial charge < -0.3 is 14.7 Å². The van der Waals surface area contributed by atoms with Crippen molar-refractivity contribution in [3.05, 3.63) is 57.9 Å². The number of imidazole rings is 1. The van der Waals surface area contributed by atoms with Gasteiger partial charge in [0.25, 0.3) is 0 Å². The molecule has 7 nitrogen and oxygen atoms in total. The summed E-state index contributed by atoms with van der Waals surface area (Å²) in [5, 5.41) is 14.5. The second-order valence-corrected chi connectivity index (χ2v) is 10.2. The number of hydrogen-bond acceptors (Lipinski definition) is 6. The van der Waals surface area contributed by atoms with Crippen molar-refractivity contribution in [1.29, 1.82) is 0 Å². The van der Waals surface area contributed by atoms with E-state index in [1.807, 2.05) is 17.5 Å². The van der Waals surface area contributed by atoms with Crippen LogP contribution in [-0.2, 0) is 23.9 Å². The second-order valence-electron chi connectivity index (χ2n) is 10.2. The number of morpholine rings is 1. The number of piperidine rings is 1. The number of ether oxygens (including phenoxy) is 1. The highest BCUT2D eigenvalue weighted by Crippen LogP contribution is 2.34. The van der Waals surface area contributed by atoms with Crippen LogP contribution >= 0.6 is 0 Å². The number of aliphatic hydroxyl groups excluding tert-OH is 1. The molecule has 0 amide bonds. The summed E-state index contributed by atoms with van der Waals surface area (Å²) < 4.78 is 48.3. The highest BCUT2D eigenvalue weighted by molar-refractivity contribution is 5.56. The first-order chi connectivity index (χ1) is 17.7. The van der Waals surface area contributed by atoms with Gasteiger partial charge in [-0.2, -0.15) is 13.2 Å². The maximum Gasteiger partial charge on any atom is 0.416 e. The van der Waals surface area contributed by atoms with Crippen molar-refractivity contribution in [2.45, 2.75) is 45.8 Å². The van der Waals surface area contributed by atoms with Gasteiger partial charge in [0, 0.05) is 32.7 Å². The molecule has 5 rings (SSSR count). The predicted molar refractivity (Wildman–Crippen MR) is 135 cm³/mol. The minimum atomic E-state index is -4.40. The molecule has 0 atom stereocenters. The number of halogens is 3. The minimum Gasteiger partial charge on any atom is -0.396 e. The van der Waals surface area contributed by atoms with Crippen LogP contribution in [0.4, 0.5) is 19.0 Å². The van der Waals surface area contributed by atoms with Crippen molar-refractivity contribution in [3.63, 3.8) is 0 Å². The molecule has 0 aliphatic carbocycles.